The number of hydrogen-bond acceptors (Lipinski definition) is 6. The maximum absolute atomic E-state index is 13.0. The SMILES string of the molecule is O=C1C2=C3CCC(C2C(=O)N1CCCCN1CCN(c2nccnc2Cl)CC1)C1CC31. The van der Waals surface area contributed by atoms with E-state index in [1.54, 1.807) is 17.3 Å². The average molecular weight is 442 g/mol. The summed E-state index contributed by atoms with van der Waals surface area (Å²) in [5, 5.41) is 0.457. The molecule has 6 aliphatic rings. The molecule has 2 aliphatic heterocycles. The average Bonchev–Trinajstić information content (AvgIpc) is 3.57. The maximum atomic E-state index is 13.0. The third-order valence-corrected chi connectivity index (χ3v) is 8.36. The fourth-order valence-corrected chi connectivity index (χ4v) is 6.71. The van der Waals surface area contributed by atoms with Crippen LogP contribution in [-0.4, -0.2) is 70.9 Å². The number of fused-ring (bicyclic) bond motifs is 1. The Labute approximate surface area is 187 Å². The molecule has 0 spiro atoms. The fourth-order valence-electron chi connectivity index (χ4n) is 6.49. The molecule has 0 radical (unpaired) electrons. The molecule has 31 heavy (non-hydrogen) atoms. The Morgan fingerprint density at radius 1 is 1.00 bits per heavy atom. The number of carbonyl (C=O) groups is 2. The predicted octanol–water partition coefficient (Wildman–Crippen LogP) is 2.37. The molecule has 3 heterocycles. The summed E-state index contributed by atoms with van der Waals surface area (Å²) in [4.78, 5) is 40.7. The number of rotatable bonds is 6. The summed E-state index contributed by atoms with van der Waals surface area (Å²) in [5.41, 5.74) is 2.26. The Morgan fingerprint density at radius 3 is 2.58 bits per heavy atom. The van der Waals surface area contributed by atoms with Crippen LogP contribution in [0.3, 0.4) is 0 Å². The molecule has 0 aromatic carbocycles. The van der Waals surface area contributed by atoms with E-state index < -0.39 is 0 Å². The summed E-state index contributed by atoms with van der Waals surface area (Å²) < 4.78 is 0. The van der Waals surface area contributed by atoms with E-state index in [1.165, 1.54) is 12.0 Å². The molecule has 2 saturated carbocycles. The Kier molecular flexibility index (Phi) is 4.79. The molecule has 4 fully saturated rings. The second kappa shape index (κ2) is 7.55. The number of halogens is 1. The van der Waals surface area contributed by atoms with E-state index >= 15 is 0 Å². The molecule has 1 aromatic rings. The van der Waals surface area contributed by atoms with Crippen LogP contribution in [0.2, 0.25) is 5.15 Å². The fraction of sp³-hybridized carbons (Fsp3) is 0.652. The Morgan fingerprint density at radius 2 is 1.77 bits per heavy atom. The van der Waals surface area contributed by atoms with Crippen LogP contribution in [0.25, 0.3) is 0 Å². The number of nitrogens with zero attached hydrogens (tertiary/aromatic N) is 5. The van der Waals surface area contributed by atoms with Gasteiger partial charge in [-0.1, -0.05) is 17.2 Å². The van der Waals surface area contributed by atoms with Crippen molar-refractivity contribution < 1.29 is 9.59 Å². The van der Waals surface area contributed by atoms with Crippen LogP contribution in [0.1, 0.15) is 32.1 Å². The Hall–Kier alpha value is -1.99. The summed E-state index contributed by atoms with van der Waals surface area (Å²) in [6, 6.07) is 0. The molecule has 7 nitrogen and oxygen atoms in total. The van der Waals surface area contributed by atoms with Gasteiger partial charge in [-0.05, 0) is 56.4 Å². The van der Waals surface area contributed by atoms with Gasteiger partial charge in [0.05, 0.1) is 5.92 Å². The zero-order valence-corrected chi connectivity index (χ0v) is 18.4. The zero-order valence-electron chi connectivity index (χ0n) is 17.7. The molecule has 7 rings (SSSR count). The number of aromatic nitrogens is 2. The first-order valence-corrected chi connectivity index (χ1v) is 12.0. The first-order chi connectivity index (χ1) is 15.1. The molecule has 164 valence electrons. The van der Waals surface area contributed by atoms with Gasteiger partial charge in [-0.3, -0.25) is 19.4 Å². The molecule has 4 atom stereocenters. The highest BCUT2D eigenvalue weighted by molar-refractivity contribution is 6.31. The van der Waals surface area contributed by atoms with Crippen molar-refractivity contribution in [2.24, 2.45) is 23.7 Å². The van der Waals surface area contributed by atoms with Crippen LogP contribution in [0.5, 0.6) is 0 Å². The van der Waals surface area contributed by atoms with Gasteiger partial charge in [-0.25, -0.2) is 9.97 Å². The van der Waals surface area contributed by atoms with Gasteiger partial charge < -0.3 is 4.90 Å². The van der Waals surface area contributed by atoms with E-state index in [-0.39, 0.29) is 17.7 Å². The summed E-state index contributed by atoms with van der Waals surface area (Å²) in [7, 11) is 0. The lowest BCUT2D eigenvalue weighted by Gasteiger charge is -2.35. The van der Waals surface area contributed by atoms with Gasteiger partial charge in [0, 0.05) is 50.7 Å². The maximum Gasteiger partial charge on any atom is 0.257 e. The van der Waals surface area contributed by atoms with Crippen molar-refractivity contribution in [1.82, 2.24) is 19.8 Å². The molecular weight excluding hydrogens is 414 g/mol. The highest BCUT2D eigenvalue weighted by Crippen LogP contribution is 2.65. The third-order valence-electron chi connectivity index (χ3n) is 8.09. The van der Waals surface area contributed by atoms with Crippen molar-refractivity contribution in [3.8, 4) is 0 Å². The monoisotopic (exact) mass is 441 g/mol. The first kappa shape index (κ1) is 19.7. The number of hydrogen-bond donors (Lipinski definition) is 0. The lowest BCUT2D eigenvalue weighted by atomic mass is 9.67. The molecule has 4 unspecified atom stereocenters. The second-order valence-electron chi connectivity index (χ2n) is 9.63. The van der Waals surface area contributed by atoms with Crippen molar-refractivity contribution in [3.05, 3.63) is 28.7 Å². The van der Waals surface area contributed by atoms with Crippen molar-refractivity contribution in [1.29, 1.82) is 0 Å². The van der Waals surface area contributed by atoms with E-state index in [0.717, 1.165) is 69.8 Å². The van der Waals surface area contributed by atoms with Gasteiger partial charge in [0.25, 0.3) is 5.91 Å². The molecule has 1 aromatic heterocycles. The lowest BCUT2D eigenvalue weighted by molar-refractivity contribution is -0.139. The third kappa shape index (κ3) is 3.20. The van der Waals surface area contributed by atoms with Crippen LogP contribution in [0.15, 0.2) is 23.5 Å². The highest BCUT2D eigenvalue weighted by Gasteiger charge is 2.62. The van der Waals surface area contributed by atoms with E-state index in [4.69, 9.17) is 11.6 Å². The molecule has 2 amide bonds. The van der Waals surface area contributed by atoms with Gasteiger partial charge in [-0.2, -0.15) is 0 Å². The smallest absolute Gasteiger partial charge is 0.257 e. The van der Waals surface area contributed by atoms with Gasteiger partial charge in [-0.15, -0.1) is 0 Å². The topological polar surface area (TPSA) is 69.6 Å². The molecule has 2 bridgehead atoms. The van der Waals surface area contributed by atoms with E-state index in [9.17, 15) is 9.59 Å². The summed E-state index contributed by atoms with van der Waals surface area (Å²) in [6.07, 6.45) is 8.54. The van der Waals surface area contributed by atoms with Gasteiger partial charge in [0.2, 0.25) is 5.91 Å². The molecule has 8 heteroatoms. The minimum Gasteiger partial charge on any atom is -0.351 e. The van der Waals surface area contributed by atoms with Gasteiger partial charge in [0.1, 0.15) is 0 Å². The highest BCUT2D eigenvalue weighted by atomic mass is 35.5. The number of amides is 2. The predicted molar refractivity (Wildman–Crippen MR) is 116 cm³/mol. The number of imide groups is 1. The zero-order chi connectivity index (χ0) is 21.1. The van der Waals surface area contributed by atoms with E-state index in [2.05, 4.69) is 19.8 Å². The summed E-state index contributed by atoms with van der Waals surface area (Å²) in [5.74, 6) is 2.58. The molecule has 2 saturated heterocycles. The van der Waals surface area contributed by atoms with Crippen molar-refractivity contribution in [2.75, 3.05) is 44.2 Å². The van der Waals surface area contributed by atoms with Crippen LogP contribution in [-0.2, 0) is 9.59 Å². The number of likely N-dealkylation sites (tertiary alicyclic amines) is 1. The van der Waals surface area contributed by atoms with Crippen molar-refractivity contribution >= 4 is 29.2 Å². The first-order valence-electron chi connectivity index (χ1n) is 11.7. The van der Waals surface area contributed by atoms with Crippen LogP contribution >= 0.6 is 11.6 Å². The minimum absolute atomic E-state index is 0.0366. The summed E-state index contributed by atoms with van der Waals surface area (Å²) >= 11 is 6.17. The minimum atomic E-state index is -0.0963. The molecule has 4 aliphatic carbocycles. The summed E-state index contributed by atoms with van der Waals surface area (Å²) in [6.45, 7) is 5.23. The standard InChI is InChI=1S/C23H28ClN5O2/c24-20-21(26-6-5-25-20)28-11-9-27(10-12-28)7-1-2-8-29-22(30)18-14-3-4-15(17-13-16(14)17)19(18)23(29)31/h5-6,14,16-18H,1-4,7-13H2. The van der Waals surface area contributed by atoms with E-state index in [0.29, 0.717) is 29.5 Å². The number of anilines is 1. The molecular formula is C23H28ClN5O2. The largest absolute Gasteiger partial charge is 0.351 e. The van der Waals surface area contributed by atoms with Crippen LogP contribution in [0.4, 0.5) is 5.82 Å². The van der Waals surface area contributed by atoms with Gasteiger partial charge >= 0.3 is 0 Å². The molecule has 0 N–H and O–H groups in total. The van der Waals surface area contributed by atoms with Crippen LogP contribution in [0, 0.1) is 23.7 Å². The Bertz CT molecular complexity index is 957. The Balaban J connectivity index is 0.989. The number of allylic oxidation sites excluding steroid dienone is 1. The van der Waals surface area contributed by atoms with Crippen LogP contribution < -0.4 is 4.90 Å². The van der Waals surface area contributed by atoms with Gasteiger partial charge in [0.15, 0.2) is 11.0 Å². The van der Waals surface area contributed by atoms with Crippen molar-refractivity contribution in [3.63, 3.8) is 0 Å². The quantitative estimate of drug-likeness (QED) is 0.498. The number of unbranched alkanes of at least 4 members (excludes halogenated alkanes) is 1. The lowest BCUT2D eigenvalue weighted by Crippen LogP contribution is -2.47. The number of piperazine rings is 1. The normalized spacial score (nSPS) is 32.0. The van der Waals surface area contributed by atoms with Crippen molar-refractivity contribution in [2.45, 2.75) is 32.1 Å². The second-order valence-corrected chi connectivity index (χ2v) is 9.98. The number of carbonyl (C=O) groups excluding carboxylic acids is 2. The van der Waals surface area contributed by atoms with E-state index in [1.807, 2.05) is 0 Å².